The van der Waals surface area contributed by atoms with E-state index in [1.54, 1.807) is 11.3 Å². The first-order valence-electron chi connectivity index (χ1n) is 7.82. The second-order valence-electron chi connectivity index (χ2n) is 5.86. The largest absolute Gasteiger partial charge is 0.474 e. The van der Waals surface area contributed by atoms with E-state index >= 15 is 0 Å². The normalized spacial score (nSPS) is 22.4. The number of nitrogens with zero attached hydrogens (tertiary/aromatic N) is 2. The lowest BCUT2D eigenvalue weighted by Gasteiger charge is -2.28. The molecule has 2 unspecified atom stereocenters. The number of fused-ring (bicyclic) bond motifs is 1. The minimum Gasteiger partial charge on any atom is -0.474 e. The van der Waals surface area contributed by atoms with Gasteiger partial charge in [-0.2, -0.15) is 4.98 Å². The quantitative estimate of drug-likeness (QED) is 0.910. The summed E-state index contributed by atoms with van der Waals surface area (Å²) in [7, 11) is 1.85. The van der Waals surface area contributed by atoms with Crippen molar-refractivity contribution in [3.63, 3.8) is 0 Å². The number of thiophene rings is 1. The molecule has 0 saturated heterocycles. The van der Waals surface area contributed by atoms with Crippen LogP contribution in [0.15, 0.2) is 6.07 Å². The van der Waals surface area contributed by atoms with Crippen LogP contribution in [0.1, 0.15) is 43.9 Å². The molecule has 1 saturated carbocycles. The van der Waals surface area contributed by atoms with Crippen LogP contribution < -0.4 is 10.1 Å². The van der Waals surface area contributed by atoms with Crippen molar-refractivity contribution >= 4 is 27.5 Å². The Hall–Kier alpha value is -1.36. The van der Waals surface area contributed by atoms with Gasteiger partial charge in [-0.25, -0.2) is 4.98 Å². The van der Waals surface area contributed by atoms with Crippen LogP contribution in [-0.2, 0) is 0 Å². The standard InChI is InChI=1S/C16H23N3OS/c1-4-11-6-5-7-12(9-11)20-14-13-8-10(2)21-15(13)19-16(17-3)18-14/h8,11-12H,4-7,9H2,1-3H3,(H,17,18,19). The van der Waals surface area contributed by atoms with Gasteiger partial charge in [0.15, 0.2) is 0 Å². The van der Waals surface area contributed by atoms with Crippen molar-refractivity contribution in [3.05, 3.63) is 10.9 Å². The van der Waals surface area contributed by atoms with Gasteiger partial charge in [0.05, 0.1) is 5.39 Å². The van der Waals surface area contributed by atoms with Crippen LogP contribution in [-0.4, -0.2) is 23.1 Å². The molecule has 3 rings (SSSR count). The zero-order valence-electron chi connectivity index (χ0n) is 13.0. The smallest absolute Gasteiger partial charge is 0.227 e. The molecule has 0 radical (unpaired) electrons. The first kappa shape index (κ1) is 14.6. The molecular weight excluding hydrogens is 282 g/mol. The summed E-state index contributed by atoms with van der Waals surface area (Å²) >= 11 is 1.69. The number of hydrogen-bond acceptors (Lipinski definition) is 5. The number of rotatable bonds is 4. The molecule has 114 valence electrons. The van der Waals surface area contributed by atoms with Crippen molar-refractivity contribution in [1.29, 1.82) is 0 Å². The third-order valence-corrected chi connectivity index (χ3v) is 5.24. The highest BCUT2D eigenvalue weighted by Crippen LogP contribution is 2.34. The number of aromatic nitrogens is 2. The fourth-order valence-electron chi connectivity index (χ4n) is 3.09. The van der Waals surface area contributed by atoms with Gasteiger partial charge >= 0.3 is 0 Å². The van der Waals surface area contributed by atoms with Gasteiger partial charge < -0.3 is 10.1 Å². The Morgan fingerprint density at radius 3 is 3.00 bits per heavy atom. The van der Waals surface area contributed by atoms with E-state index in [0.717, 1.165) is 34.9 Å². The topological polar surface area (TPSA) is 47.0 Å². The zero-order chi connectivity index (χ0) is 14.8. The fourth-order valence-corrected chi connectivity index (χ4v) is 3.96. The molecule has 2 heterocycles. The van der Waals surface area contributed by atoms with Crippen molar-refractivity contribution in [1.82, 2.24) is 9.97 Å². The molecule has 1 N–H and O–H groups in total. The second-order valence-corrected chi connectivity index (χ2v) is 7.09. The molecule has 1 aliphatic rings. The van der Waals surface area contributed by atoms with E-state index in [1.807, 2.05) is 7.05 Å². The van der Waals surface area contributed by atoms with Gasteiger partial charge in [-0.3, -0.25) is 0 Å². The summed E-state index contributed by atoms with van der Waals surface area (Å²) in [6.45, 7) is 4.38. The van der Waals surface area contributed by atoms with E-state index in [9.17, 15) is 0 Å². The summed E-state index contributed by atoms with van der Waals surface area (Å²) < 4.78 is 6.27. The molecule has 2 atom stereocenters. The number of anilines is 1. The summed E-state index contributed by atoms with van der Waals surface area (Å²) in [6.07, 6.45) is 6.44. The molecular formula is C16H23N3OS. The molecule has 2 aromatic heterocycles. The number of hydrogen-bond donors (Lipinski definition) is 1. The van der Waals surface area contributed by atoms with Crippen molar-refractivity contribution < 1.29 is 4.74 Å². The lowest BCUT2D eigenvalue weighted by atomic mass is 9.85. The van der Waals surface area contributed by atoms with E-state index in [0.29, 0.717) is 12.1 Å². The van der Waals surface area contributed by atoms with E-state index in [-0.39, 0.29) is 0 Å². The average Bonchev–Trinajstić information content (AvgIpc) is 2.88. The van der Waals surface area contributed by atoms with Gasteiger partial charge in [0.1, 0.15) is 10.9 Å². The van der Waals surface area contributed by atoms with Gasteiger partial charge in [0.25, 0.3) is 0 Å². The molecule has 0 aliphatic heterocycles. The maximum Gasteiger partial charge on any atom is 0.227 e. The van der Waals surface area contributed by atoms with E-state index in [1.165, 1.54) is 24.1 Å². The second kappa shape index (κ2) is 6.18. The molecule has 4 nitrogen and oxygen atoms in total. The molecule has 2 aromatic rings. The van der Waals surface area contributed by atoms with Crippen LogP contribution in [0.3, 0.4) is 0 Å². The zero-order valence-corrected chi connectivity index (χ0v) is 13.8. The van der Waals surface area contributed by atoms with Gasteiger partial charge in [-0.15, -0.1) is 11.3 Å². The van der Waals surface area contributed by atoms with Gasteiger partial charge in [-0.1, -0.05) is 19.8 Å². The minimum absolute atomic E-state index is 0.298. The SMILES string of the molecule is CCC1CCCC(Oc2nc(NC)nc3sc(C)cc23)C1. The monoisotopic (exact) mass is 305 g/mol. The lowest BCUT2D eigenvalue weighted by molar-refractivity contribution is 0.119. The Balaban J connectivity index is 1.88. The maximum atomic E-state index is 6.27. The third-order valence-electron chi connectivity index (χ3n) is 4.29. The molecule has 5 heteroatoms. The number of aryl methyl sites for hydroxylation is 1. The third kappa shape index (κ3) is 3.12. The maximum absolute atomic E-state index is 6.27. The van der Waals surface area contributed by atoms with Crippen molar-refractivity contribution in [3.8, 4) is 5.88 Å². The molecule has 21 heavy (non-hydrogen) atoms. The van der Waals surface area contributed by atoms with Gasteiger partial charge in [-0.05, 0) is 38.2 Å². The highest BCUT2D eigenvalue weighted by molar-refractivity contribution is 7.18. The molecule has 1 fully saturated rings. The first-order chi connectivity index (χ1) is 10.2. The summed E-state index contributed by atoms with van der Waals surface area (Å²) in [5.74, 6) is 2.19. The predicted molar refractivity (Wildman–Crippen MR) is 88.4 cm³/mol. The highest BCUT2D eigenvalue weighted by Gasteiger charge is 2.23. The Kier molecular flexibility index (Phi) is 4.29. The Morgan fingerprint density at radius 1 is 1.38 bits per heavy atom. The van der Waals surface area contributed by atoms with Crippen LogP contribution in [0.4, 0.5) is 5.95 Å². The fraction of sp³-hybridized carbons (Fsp3) is 0.625. The van der Waals surface area contributed by atoms with Gasteiger partial charge in [0.2, 0.25) is 11.8 Å². The molecule has 0 bridgehead atoms. The predicted octanol–water partition coefficient (Wildman–Crippen LogP) is 4.39. The van der Waals surface area contributed by atoms with Crippen molar-refractivity contribution in [2.45, 2.75) is 52.1 Å². The Morgan fingerprint density at radius 2 is 2.24 bits per heavy atom. The average molecular weight is 305 g/mol. The Bertz CT molecular complexity index is 625. The number of ether oxygens (including phenoxy) is 1. The molecule has 0 amide bonds. The highest BCUT2D eigenvalue weighted by atomic mass is 32.1. The first-order valence-corrected chi connectivity index (χ1v) is 8.63. The van der Waals surface area contributed by atoms with E-state index in [4.69, 9.17) is 4.74 Å². The molecule has 0 spiro atoms. The Labute approximate surface area is 129 Å². The summed E-state index contributed by atoms with van der Waals surface area (Å²) in [6, 6.07) is 2.13. The van der Waals surface area contributed by atoms with Crippen LogP contribution in [0.25, 0.3) is 10.2 Å². The van der Waals surface area contributed by atoms with Crippen LogP contribution in [0.2, 0.25) is 0 Å². The van der Waals surface area contributed by atoms with Crippen LogP contribution >= 0.6 is 11.3 Å². The van der Waals surface area contributed by atoms with Crippen LogP contribution in [0.5, 0.6) is 5.88 Å². The lowest BCUT2D eigenvalue weighted by Crippen LogP contribution is -2.25. The molecule has 1 aliphatic carbocycles. The van der Waals surface area contributed by atoms with E-state index in [2.05, 4.69) is 35.2 Å². The molecule has 0 aromatic carbocycles. The van der Waals surface area contributed by atoms with Gasteiger partial charge in [0, 0.05) is 11.9 Å². The summed E-state index contributed by atoms with van der Waals surface area (Å²) in [4.78, 5) is 11.3. The minimum atomic E-state index is 0.298. The van der Waals surface area contributed by atoms with Crippen molar-refractivity contribution in [2.24, 2.45) is 5.92 Å². The summed E-state index contributed by atoms with van der Waals surface area (Å²) in [5.41, 5.74) is 0. The van der Waals surface area contributed by atoms with Crippen LogP contribution in [0, 0.1) is 12.8 Å². The van der Waals surface area contributed by atoms with Crippen molar-refractivity contribution in [2.75, 3.05) is 12.4 Å². The van der Waals surface area contributed by atoms with E-state index < -0.39 is 0 Å². The summed E-state index contributed by atoms with van der Waals surface area (Å²) in [5, 5.41) is 4.08. The number of nitrogens with one attached hydrogen (secondary N) is 1.